The van der Waals surface area contributed by atoms with E-state index in [1.807, 2.05) is 6.07 Å². The van der Waals surface area contributed by atoms with E-state index in [1.165, 1.54) is 5.56 Å². The Labute approximate surface area is 166 Å². The van der Waals surface area contributed by atoms with Crippen molar-refractivity contribution in [3.8, 4) is 0 Å². The van der Waals surface area contributed by atoms with Gasteiger partial charge in [0.15, 0.2) is 0 Å². The van der Waals surface area contributed by atoms with E-state index in [4.69, 9.17) is 4.52 Å². The maximum atomic E-state index is 13.0. The van der Waals surface area contributed by atoms with Crippen LogP contribution in [0.3, 0.4) is 0 Å². The number of aryl methyl sites for hydroxylation is 2. The minimum atomic E-state index is -0.293. The number of carbonyl (C=O) groups is 1. The van der Waals surface area contributed by atoms with E-state index in [0.29, 0.717) is 34.8 Å². The molecular formula is C21H20N6O2. The molecule has 8 heteroatoms. The van der Waals surface area contributed by atoms with E-state index >= 15 is 0 Å². The molecule has 0 aliphatic heterocycles. The summed E-state index contributed by atoms with van der Waals surface area (Å²) < 4.78 is 7.01. The van der Waals surface area contributed by atoms with E-state index in [1.54, 1.807) is 17.9 Å². The van der Waals surface area contributed by atoms with E-state index < -0.39 is 0 Å². The largest absolute Gasteiger partial charge is 0.336 e. The molecule has 4 aromatic rings. The molecule has 5 rings (SSSR count). The molecule has 0 saturated heterocycles. The van der Waals surface area contributed by atoms with Crippen molar-refractivity contribution in [3.63, 3.8) is 0 Å². The van der Waals surface area contributed by atoms with Crippen molar-refractivity contribution in [1.29, 1.82) is 0 Å². The van der Waals surface area contributed by atoms with Gasteiger partial charge in [0.05, 0.1) is 23.2 Å². The lowest BCUT2D eigenvalue weighted by molar-refractivity contribution is 0.102. The lowest BCUT2D eigenvalue weighted by Crippen LogP contribution is -2.15. The number of amides is 1. The van der Waals surface area contributed by atoms with Crippen LogP contribution in [0.15, 0.2) is 41.2 Å². The van der Waals surface area contributed by atoms with Gasteiger partial charge < -0.3 is 4.52 Å². The second-order valence-corrected chi connectivity index (χ2v) is 7.52. The molecule has 3 heterocycles. The van der Waals surface area contributed by atoms with Crippen molar-refractivity contribution < 1.29 is 9.32 Å². The van der Waals surface area contributed by atoms with Crippen molar-refractivity contribution in [3.05, 3.63) is 64.7 Å². The molecule has 3 aromatic heterocycles. The fourth-order valence-corrected chi connectivity index (χ4v) is 3.36. The summed E-state index contributed by atoms with van der Waals surface area (Å²) >= 11 is 0. The summed E-state index contributed by atoms with van der Waals surface area (Å²) in [6.07, 6.45) is 3.77. The van der Waals surface area contributed by atoms with E-state index in [-0.39, 0.29) is 11.9 Å². The smallest absolute Gasteiger partial charge is 0.259 e. The number of carbonyl (C=O) groups excluding carboxylic acids is 1. The number of aromatic nitrogens is 5. The lowest BCUT2D eigenvalue weighted by atomic mass is 10.1. The molecular weight excluding hydrogens is 368 g/mol. The third-order valence-electron chi connectivity index (χ3n) is 5.10. The number of fused-ring (bicyclic) bond motifs is 1. The van der Waals surface area contributed by atoms with Crippen molar-refractivity contribution in [1.82, 2.24) is 24.9 Å². The monoisotopic (exact) mass is 388 g/mol. The van der Waals surface area contributed by atoms with Gasteiger partial charge in [-0.1, -0.05) is 35.0 Å². The fourth-order valence-electron chi connectivity index (χ4n) is 3.36. The number of hydrogen-bond donors (Lipinski definition) is 1. The number of rotatable bonds is 5. The Morgan fingerprint density at radius 1 is 1.24 bits per heavy atom. The van der Waals surface area contributed by atoms with Gasteiger partial charge in [0.2, 0.25) is 5.95 Å². The van der Waals surface area contributed by atoms with Crippen molar-refractivity contribution >= 4 is 23.0 Å². The maximum absolute atomic E-state index is 13.0. The average molecular weight is 388 g/mol. The molecule has 0 bridgehead atoms. The van der Waals surface area contributed by atoms with Crippen LogP contribution >= 0.6 is 0 Å². The minimum Gasteiger partial charge on any atom is -0.336 e. The molecule has 1 amide bonds. The summed E-state index contributed by atoms with van der Waals surface area (Å²) in [5.41, 5.74) is 4.72. The van der Waals surface area contributed by atoms with Gasteiger partial charge in [-0.05, 0) is 38.3 Å². The predicted molar refractivity (Wildman–Crippen MR) is 107 cm³/mol. The maximum Gasteiger partial charge on any atom is 0.259 e. The normalized spacial score (nSPS) is 13.7. The Kier molecular flexibility index (Phi) is 4.12. The van der Waals surface area contributed by atoms with Crippen LogP contribution in [0, 0.1) is 13.8 Å². The Balaban J connectivity index is 1.39. The van der Waals surface area contributed by atoms with Crippen LogP contribution in [-0.2, 0) is 6.54 Å². The molecule has 0 radical (unpaired) electrons. The van der Waals surface area contributed by atoms with Gasteiger partial charge in [0.25, 0.3) is 11.6 Å². The molecule has 0 atom stereocenters. The highest BCUT2D eigenvalue weighted by atomic mass is 16.5. The highest BCUT2D eigenvalue weighted by Crippen LogP contribution is 2.40. The summed E-state index contributed by atoms with van der Waals surface area (Å²) in [6.45, 7) is 4.43. The molecule has 1 aliphatic rings. The lowest BCUT2D eigenvalue weighted by Gasteiger charge is -2.05. The zero-order chi connectivity index (χ0) is 20.0. The van der Waals surface area contributed by atoms with Crippen LogP contribution in [0.2, 0.25) is 0 Å². The van der Waals surface area contributed by atoms with Gasteiger partial charge in [0.1, 0.15) is 6.33 Å². The Hall–Kier alpha value is -3.55. The first-order valence-electron chi connectivity index (χ1n) is 9.60. The van der Waals surface area contributed by atoms with Gasteiger partial charge in [0, 0.05) is 11.6 Å². The van der Waals surface area contributed by atoms with Gasteiger partial charge in [-0.2, -0.15) is 0 Å². The third kappa shape index (κ3) is 3.49. The van der Waals surface area contributed by atoms with Crippen LogP contribution in [0.1, 0.15) is 51.6 Å². The summed E-state index contributed by atoms with van der Waals surface area (Å²) in [5, 5.41) is 11.8. The van der Waals surface area contributed by atoms with Crippen molar-refractivity contribution in [2.45, 2.75) is 39.2 Å². The average Bonchev–Trinajstić information content (AvgIpc) is 3.38. The first-order chi connectivity index (χ1) is 14.1. The molecule has 0 unspecified atom stereocenters. The van der Waals surface area contributed by atoms with Crippen LogP contribution in [0.25, 0.3) is 11.1 Å². The summed E-state index contributed by atoms with van der Waals surface area (Å²) in [4.78, 5) is 21.7. The quantitative estimate of drug-likeness (QED) is 0.561. The number of pyridine rings is 1. The van der Waals surface area contributed by atoms with Gasteiger partial charge in [-0.3, -0.25) is 10.1 Å². The Morgan fingerprint density at radius 3 is 2.79 bits per heavy atom. The molecule has 1 fully saturated rings. The first-order valence-corrected chi connectivity index (χ1v) is 9.60. The van der Waals surface area contributed by atoms with E-state index in [0.717, 1.165) is 24.1 Å². The standard InChI is InChI=1S/C21H20N6O2/c1-12-3-5-14(6-4-12)10-27-11-22-21(25-27)24-19(28)16-9-17(15-7-8-15)23-20-18(16)13(2)26-29-20/h3-6,9,11,15H,7-8,10H2,1-2H3,(H,24,25,28). The highest BCUT2D eigenvalue weighted by Gasteiger charge is 2.28. The zero-order valence-electron chi connectivity index (χ0n) is 16.2. The van der Waals surface area contributed by atoms with E-state index in [9.17, 15) is 4.79 Å². The number of anilines is 1. The molecule has 1 aromatic carbocycles. The summed E-state index contributed by atoms with van der Waals surface area (Å²) in [6, 6.07) is 10.1. The second kappa shape index (κ2) is 6.80. The molecule has 146 valence electrons. The van der Waals surface area contributed by atoms with Crippen LogP contribution in [-0.4, -0.2) is 30.8 Å². The van der Waals surface area contributed by atoms with Crippen LogP contribution in [0.5, 0.6) is 0 Å². The van der Waals surface area contributed by atoms with E-state index in [2.05, 4.69) is 56.7 Å². The van der Waals surface area contributed by atoms with Gasteiger partial charge >= 0.3 is 0 Å². The number of hydrogen-bond acceptors (Lipinski definition) is 6. The Morgan fingerprint density at radius 2 is 2.03 bits per heavy atom. The molecule has 29 heavy (non-hydrogen) atoms. The van der Waals surface area contributed by atoms with Crippen molar-refractivity contribution in [2.75, 3.05) is 5.32 Å². The molecule has 8 nitrogen and oxygen atoms in total. The number of nitrogens with one attached hydrogen (secondary N) is 1. The highest BCUT2D eigenvalue weighted by molar-refractivity contribution is 6.11. The molecule has 1 N–H and O–H groups in total. The summed E-state index contributed by atoms with van der Waals surface area (Å²) in [7, 11) is 0. The van der Waals surface area contributed by atoms with Crippen LogP contribution < -0.4 is 5.32 Å². The minimum absolute atomic E-state index is 0.258. The molecule has 0 spiro atoms. The number of benzene rings is 1. The van der Waals surface area contributed by atoms with Gasteiger partial charge in [-0.15, -0.1) is 5.10 Å². The fraction of sp³-hybridized carbons (Fsp3) is 0.286. The molecule has 1 saturated carbocycles. The second-order valence-electron chi connectivity index (χ2n) is 7.52. The predicted octanol–water partition coefficient (Wildman–Crippen LogP) is 3.61. The van der Waals surface area contributed by atoms with Gasteiger partial charge in [-0.25, -0.2) is 14.6 Å². The number of nitrogens with zero attached hydrogens (tertiary/aromatic N) is 5. The topological polar surface area (TPSA) is 98.7 Å². The third-order valence-corrected chi connectivity index (χ3v) is 5.10. The Bertz CT molecular complexity index is 1200. The molecule has 1 aliphatic carbocycles. The SMILES string of the molecule is Cc1ccc(Cn2cnc(NC(=O)c3cc(C4CC4)nc4onc(C)c34)n2)cc1. The first kappa shape index (κ1) is 17.5. The van der Waals surface area contributed by atoms with Crippen molar-refractivity contribution in [2.24, 2.45) is 0 Å². The van der Waals surface area contributed by atoms with Crippen LogP contribution in [0.4, 0.5) is 5.95 Å². The summed E-state index contributed by atoms with van der Waals surface area (Å²) in [5.74, 6) is 0.357. The zero-order valence-corrected chi connectivity index (χ0v) is 16.2.